The van der Waals surface area contributed by atoms with Crippen molar-refractivity contribution < 1.29 is 9.84 Å². The van der Waals surface area contributed by atoms with E-state index in [1.54, 1.807) is 25.1 Å². The van der Waals surface area contributed by atoms with Gasteiger partial charge in [-0.3, -0.25) is 0 Å². The van der Waals surface area contributed by atoms with Crippen molar-refractivity contribution in [3.05, 3.63) is 63.6 Å². The SMILES string of the molecule is CC(O)c1ccc(OCc2c(Cl)cccc2Cl)cc1. The van der Waals surface area contributed by atoms with Crippen molar-refractivity contribution in [1.82, 2.24) is 0 Å². The molecule has 2 nitrogen and oxygen atoms in total. The monoisotopic (exact) mass is 296 g/mol. The second kappa shape index (κ2) is 6.29. The Morgan fingerprint density at radius 1 is 1.05 bits per heavy atom. The van der Waals surface area contributed by atoms with Gasteiger partial charge in [-0.1, -0.05) is 41.4 Å². The van der Waals surface area contributed by atoms with Crippen LogP contribution in [0.1, 0.15) is 24.2 Å². The van der Waals surface area contributed by atoms with E-state index < -0.39 is 6.10 Å². The number of hydrogen-bond donors (Lipinski definition) is 1. The Bertz CT molecular complexity index is 530. The first-order valence-electron chi connectivity index (χ1n) is 5.91. The van der Waals surface area contributed by atoms with Crippen LogP contribution in [-0.4, -0.2) is 5.11 Å². The van der Waals surface area contributed by atoms with Crippen LogP contribution in [-0.2, 0) is 6.61 Å². The molecule has 0 aliphatic carbocycles. The van der Waals surface area contributed by atoms with Gasteiger partial charge in [-0.2, -0.15) is 0 Å². The molecule has 0 aromatic heterocycles. The lowest BCUT2D eigenvalue weighted by molar-refractivity contribution is 0.199. The molecule has 2 aromatic carbocycles. The number of benzene rings is 2. The van der Waals surface area contributed by atoms with Gasteiger partial charge in [-0.05, 0) is 36.8 Å². The third-order valence-corrected chi connectivity index (χ3v) is 3.52. The van der Waals surface area contributed by atoms with E-state index in [-0.39, 0.29) is 0 Å². The fourth-order valence-corrected chi connectivity index (χ4v) is 2.17. The fraction of sp³-hybridized carbons (Fsp3) is 0.200. The fourth-order valence-electron chi connectivity index (χ4n) is 1.67. The molecule has 0 aliphatic heterocycles. The van der Waals surface area contributed by atoms with Crippen molar-refractivity contribution >= 4 is 23.2 Å². The summed E-state index contributed by atoms with van der Waals surface area (Å²) in [6.45, 7) is 2.03. The molecule has 1 atom stereocenters. The van der Waals surface area contributed by atoms with Crippen LogP contribution in [0.4, 0.5) is 0 Å². The lowest BCUT2D eigenvalue weighted by atomic mass is 10.1. The summed E-state index contributed by atoms with van der Waals surface area (Å²) in [6, 6.07) is 12.6. The predicted molar refractivity (Wildman–Crippen MR) is 77.9 cm³/mol. The van der Waals surface area contributed by atoms with Crippen LogP contribution < -0.4 is 4.74 Å². The average molecular weight is 297 g/mol. The van der Waals surface area contributed by atoms with E-state index in [0.717, 1.165) is 11.1 Å². The van der Waals surface area contributed by atoms with Crippen LogP contribution >= 0.6 is 23.2 Å². The van der Waals surface area contributed by atoms with Crippen LogP contribution in [0.5, 0.6) is 5.75 Å². The highest BCUT2D eigenvalue weighted by Crippen LogP contribution is 2.26. The van der Waals surface area contributed by atoms with E-state index in [0.29, 0.717) is 22.4 Å². The number of rotatable bonds is 4. The minimum Gasteiger partial charge on any atom is -0.489 e. The van der Waals surface area contributed by atoms with Gasteiger partial charge in [0.05, 0.1) is 6.10 Å². The van der Waals surface area contributed by atoms with E-state index in [1.807, 2.05) is 24.3 Å². The topological polar surface area (TPSA) is 29.5 Å². The molecule has 19 heavy (non-hydrogen) atoms. The smallest absolute Gasteiger partial charge is 0.119 e. The standard InChI is InChI=1S/C15H14Cl2O2/c1-10(18)11-5-7-12(8-6-11)19-9-13-14(16)3-2-4-15(13)17/h2-8,10,18H,9H2,1H3. The quantitative estimate of drug-likeness (QED) is 0.891. The van der Waals surface area contributed by atoms with Crippen LogP contribution in [0.25, 0.3) is 0 Å². The second-order valence-corrected chi connectivity index (χ2v) is 5.05. The molecule has 0 aliphatic rings. The third-order valence-electron chi connectivity index (χ3n) is 2.81. The van der Waals surface area contributed by atoms with Crippen molar-refractivity contribution in [3.63, 3.8) is 0 Å². The Labute approximate surface area is 122 Å². The van der Waals surface area contributed by atoms with Gasteiger partial charge in [0, 0.05) is 15.6 Å². The van der Waals surface area contributed by atoms with Gasteiger partial charge < -0.3 is 9.84 Å². The molecule has 2 rings (SSSR count). The van der Waals surface area contributed by atoms with Gasteiger partial charge >= 0.3 is 0 Å². The lowest BCUT2D eigenvalue weighted by Crippen LogP contribution is -1.98. The molecule has 1 unspecified atom stereocenters. The zero-order chi connectivity index (χ0) is 13.8. The molecular weight excluding hydrogens is 283 g/mol. The lowest BCUT2D eigenvalue weighted by Gasteiger charge is -2.10. The van der Waals surface area contributed by atoms with Crippen LogP contribution in [0.3, 0.4) is 0 Å². The summed E-state index contributed by atoms with van der Waals surface area (Å²) in [4.78, 5) is 0. The van der Waals surface area contributed by atoms with E-state index in [4.69, 9.17) is 27.9 Å². The van der Waals surface area contributed by atoms with Gasteiger partial charge in [0.1, 0.15) is 12.4 Å². The maximum absolute atomic E-state index is 9.42. The van der Waals surface area contributed by atoms with Gasteiger partial charge in [0.25, 0.3) is 0 Å². The molecular formula is C15H14Cl2O2. The summed E-state index contributed by atoms with van der Waals surface area (Å²) >= 11 is 12.1. The Kier molecular flexibility index (Phi) is 4.70. The Morgan fingerprint density at radius 3 is 2.16 bits per heavy atom. The molecule has 0 bridgehead atoms. The molecule has 100 valence electrons. The first-order chi connectivity index (χ1) is 9.08. The van der Waals surface area contributed by atoms with Crippen LogP contribution in [0.15, 0.2) is 42.5 Å². The molecule has 0 saturated heterocycles. The van der Waals surface area contributed by atoms with Crippen molar-refractivity contribution in [3.8, 4) is 5.75 Å². The maximum Gasteiger partial charge on any atom is 0.119 e. The van der Waals surface area contributed by atoms with Crippen molar-refractivity contribution in [2.24, 2.45) is 0 Å². The number of aliphatic hydroxyl groups is 1. The largest absolute Gasteiger partial charge is 0.489 e. The predicted octanol–water partition coefficient (Wildman–Crippen LogP) is 4.63. The van der Waals surface area contributed by atoms with Crippen LogP contribution in [0.2, 0.25) is 10.0 Å². The number of halogens is 2. The first-order valence-corrected chi connectivity index (χ1v) is 6.67. The van der Waals surface area contributed by atoms with E-state index in [1.165, 1.54) is 0 Å². The summed E-state index contributed by atoms with van der Waals surface area (Å²) in [5.41, 5.74) is 1.62. The molecule has 0 heterocycles. The van der Waals surface area contributed by atoms with Gasteiger partial charge in [-0.15, -0.1) is 0 Å². The number of hydrogen-bond acceptors (Lipinski definition) is 2. The van der Waals surface area contributed by atoms with Crippen molar-refractivity contribution in [2.45, 2.75) is 19.6 Å². The third kappa shape index (κ3) is 3.63. The Balaban J connectivity index is 2.06. The summed E-state index contributed by atoms with van der Waals surface area (Å²) in [5.74, 6) is 0.709. The van der Waals surface area contributed by atoms with E-state index in [2.05, 4.69) is 0 Å². The first kappa shape index (κ1) is 14.2. The molecule has 0 radical (unpaired) electrons. The number of aliphatic hydroxyl groups excluding tert-OH is 1. The van der Waals surface area contributed by atoms with E-state index >= 15 is 0 Å². The van der Waals surface area contributed by atoms with Crippen molar-refractivity contribution in [1.29, 1.82) is 0 Å². The highest BCUT2D eigenvalue weighted by Gasteiger charge is 2.06. The Hall–Kier alpha value is -1.22. The zero-order valence-electron chi connectivity index (χ0n) is 10.4. The van der Waals surface area contributed by atoms with Gasteiger partial charge in [0.2, 0.25) is 0 Å². The van der Waals surface area contributed by atoms with Crippen molar-refractivity contribution in [2.75, 3.05) is 0 Å². The number of ether oxygens (including phenoxy) is 1. The molecule has 2 aromatic rings. The normalized spacial score (nSPS) is 12.2. The minimum atomic E-state index is -0.480. The minimum absolute atomic E-state index is 0.312. The summed E-state index contributed by atoms with van der Waals surface area (Å²) < 4.78 is 5.64. The molecule has 1 N–H and O–H groups in total. The van der Waals surface area contributed by atoms with Gasteiger partial charge in [0.15, 0.2) is 0 Å². The highest BCUT2D eigenvalue weighted by molar-refractivity contribution is 6.35. The second-order valence-electron chi connectivity index (χ2n) is 4.23. The van der Waals surface area contributed by atoms with E-state index in [9.17, 15) is 5.11 Å². The molecule has 0 fully saturated rings. The molecule has 0 saturated carbocycles. The molecule has 0 spiro atoms. The summed E-state index contributed by atoms with van der Waals surface area (Å²) in [6.07, 6.45) is -0.480. The summed E-state index contributed by atoms with van der Waals surface area (Å²) in [5, 5.41) is 10.6. The van der Waals surface area contributed by atoms with Crippen LogP contribution in [0, 0.1) is 0 Å². The molecule has 0 amide bonds. The summed E-state index contributed by atoms with van der Waals surface area (Å²) in [7, 11) is 0. The molecule has 4 heteroatoms. The zero-order valence-corrected chi connectivity index (χ0v) is 11.9. The average Bonchev–Trinajstić information content (AvgIpc) is 2.38. The maximum atomic E-state index is 9.42. The van der Waals surface area contributed by atoms with Gasteiger partial charge in [-0.25, -0.2) is 0 Å². The highest BCUT2D eigenvalue weighted by atomic mass is 35.5. The Morgan fingerprint density at radius 2 is 1.63 bits per heavy atom.